The minimum atomic E-state index is 0.433. The number of hydrogen-bond acceptors (Lipinski definition) is 6. The van der Waals surface area contributed by atoms with Gasteiger partial charge in [-0.25, -0.2) is 0 Å². The maximum absolute atomic E-state index is 8.62. The standard InChI is InChI=1S/C15H21ClN2O4/c1-2-21-14-10-12(11-17-19)9-13(16)15(14)22-8-5-18-3-6-20-7-4-18/h9-11,19H,2-8H2,1H3/b17-11+. The van der Waals surface area contributed by atoms with E-state index >= 15 is 0 Å². The van der Waals surface area contributed by atoms with Gasteiger partial charge in [0.15, 0.2) is 11.5 Å². The third-order valence-corrected chi connectivity index (χ3v) is 3.58. The lowest BCUT2D eigenvalue weighted by atomic mass is 10.2. The van der Waals surface area contributed by atoms with Gasteiger partial charge >= 0.3 is 0 Å². The van der Waals surface area contributed by atoms with Crippen LogP contribution in [-0.4, -0.2) is 62.4 Å². The number of hydrogen-bond donors (Lipinski definition) is 1. The van der Waals surface area contributed by atoms with Crippen molar-refractivity contribution in [2.75, 3.05) is 46.1 Å². The smallest absolute Gasteiger partial charge is 0.179 e. The molecule has 0 spiro atoms. The summed E-state index contributed by atoms with van der Waals surface area (Å²) >= 11 is 6.25. The first-order valence-electron chi connectivity index (χ1n) is 7.31. The second-order valence-electron chi connectivity index (χ2n) is 4.81. The molecule has 122 valence electrons. The first kappa shape index (κ1) is 16.9. The van der Waals surface area contributed by atoms with Gasteiger partial charge in [0, 0.05) is 25.2 Å². The van der Waals surface area contributed by atoms with E-state index in [2.05, 4.69) is 10.1 Å². The van der Waals surface area contributed by atoms with Crippen molar-refractivity contribution in [2.24, 2.45) is 5.16 Å². The van der Waals surface area contributed by atoms with E-state index in [9.17, 15) is 0 Å². The highest BCUT2D eigenvalue weighted by Gasteiger charge is 2.14. The van der Waals surface area contributed by atoms with Crippen molar-refractivity contribution in [1.29, 1.82) is 0 Å². The minimum Gasteiger partial charge on any atom is -0.490 e. The van der Waals surface area contributed by atoms with Gasteiger partial charge in [-0.05, 0) is 19.1 Å². The SMILES string of the molecule is CCOc1cc(/C=N/O)cc(Cl)c1OCCN1CCOCC1. The van der Waals surface area contributed by atoms with Crippen LogP contribution in [0.1, 0.15) is 12.5 Å². The summed E-state index contributed by atoms with van der Waals surface area (Å²) < 4.78 is 16.7. The van der Waals surface area contributed by atoms with Crippen LogP contribution in [0.4, 0.5) is 0 Å². The molecule has 1 aliphatic heterocycles. The fourth-order valence-electron chi connectivity index (χ4n) is 2.23. The molecule has 0 aromatic heterocycles. The highest BCUT2D eigenvalue weighted by atomic mass is 35.5. The molecule has 1 saturated heterocycles. The maximum Gasteiger partial charge on any atom is 0.179 e. The highest BCUT2D eigenvalue weighted by Crippen LogP contribution is 2.36. The van der Waals surface area contributed by atoms with Gasteiger partial charge in [-0.1, -0.05) is 16.8 Å². The van der Waals surface area contributed by atoms with Gasteiger partial charge in [-0.15, -0.1) is 0 Å². The molecule has 0 saturated carbocycles. The molecule has 1 fully saturated rings. The van der Waals surface area contributed by atoms with Crippen molar-refractivity contribution in [1.82, 2.24) is 4.90 Å². The first-order chi connectivity index (χ1) is 10.7. The number of halogens is 1. The average molecular weight is 329 g/mol. The molecule has 1 aliphatic rings. The van der Waals surface area contributed by atoms with Crippen LogP contribution in [0.3, 0.4) is 0 Å². The molecule has 0 atom stereocenters. The molecule has 1 aromatic rings. The third kappa shape index (κ3) is 4.76. The molecule has 0 bridgehead atoms. The van der Waals surface area contributed by atoms with E-state index in [0.29, 0.717) is 35.3 Å². The summed E-state index contributed by atoms with van der Waals surface area (Å²) in [5, 5.41) is 12.1. The highest BCUT2D eigenvalue weighted by molar-refractivity contribution is 6.32. The largest absolute Gasteiger partial charge is 0.490 e. The van der Waals surface area contributed by atoms with Crippen LogP contribution in [0.5, 0.6) is 11.5 Å². The second-order valence-corrected chi connectivity index (χ2v) is 5.22. The Morgan fingerprint density at radius 1 is 1.36 bits per heavy atom. The lowest BCUT2D eigenvalue weighted by Crippen LogP contribution is -2.38. The topological polar surface area (TPSA) is 63.5 Å². The van der Waals surface area contributed by atoms with Gasteiger partial charge in [-0.3, -0.25) is 4.90 Å². The normalized spacial score (nSPS) is 16.1. The van der Waals surface area contributed by atoms with Crippen LogP contribution < -0.4 is 9.47 Å². The quantitative estimate of drug-likeness (QED) is 0.472. The molecule has 2 rings (SSSR count). The van der Waals surface area contributed by atoms with Gasteiger partial charge in [0.25, 0.3) is 0 Å². The number of rotatable bonds is 7. The fourth-order valence-corrected chi connectivity index (χ4v) is 2.51. The molecule has 1 aromatic carbocycles. The molecule has 1 N–H and O–H groups in total. The number of nitrogens with zero attached hydrogens (tertiary/aromatic N) is 2. The van der Waals surface area contributed by atoms with E-state index in [0.717, 1.165) is 32.8 Å². The molecule has 0 unspecified atom stereocenters. The zero-order valence-electron chi connectivity index (χ0n) is 12.6. The summed E-state index contributed by atoms with van der Waals surface area (Å²) in [6.45, 7) is 7.08. The van der Waals surface area contributed by atoms with Crippen LogP contribution in [0.2, 0.25) is 5.02 Å². The summed E-state index contributed by atoms with van der Waals surface area (Å²) in [6, 6.07) is 3.41. The molecule has 6 nitrogen and oxygen atoms in total. The zero-order chi connectivity index (χ0) is 15.8. The van der Waals surface area contributed by atoms with E-state index < -0.39 is 0 Å². The van der Waals surface area contributed by atoms with E-state index in [4.69, 9.17) is 31.0 Å². The predicted molar refractivity (Wildman–Crippen MR) is 84.8 cm³/mol. The number of morpholine rings is 1. The van der Waals surface area contributed by atoms with Crippen molar-refractivity contribution >= 4 is 17.8 Å². The lowest BCUT2D eigenvalue weighted by Gasteiger charge is -2.26. The van der Waals surface area contributed by atoms with Crippen LogP contribution in [0, 0.1) is 0 Å². The Morgan fingerprint density at radius 2 is 2.14 bits per heavy atom. The number of benzene rings is 1. The van der Waals surface area contributed by atoms with Gasteiger partial charge in [0.05, 0.1) is 31.1 Å². The van der Waals surface area contributed by atoms with Crippen molar-refractivity contribution in [2.45, 2.75) is 6.92 Å². The van der Waals surface area contributed by atoms with E-state index in [1.165, 1.54) is 6.21 Å². The van der Waals surface area contributed by atoms with Gasteiger partial charge in [0.1, 0.15) is 6.61 Å². The lowest BCUT2D eigenvalue weighted by molar-refractivity contribution is 0.0321. The molecular formula is C15H21ClN2O4. The minimum absolute atomic E-state index is 0.433. The monoisotopic (exact) mass is 328 g/mol. The van der Waals surface area contributed by atoms with E-state index in [1.807, 2.05) is 6.92 Å². The first-order valence-corrected chi connectivity index (χ1v) is 7.69. The van der Waals surface area contributed by atoms with Crippen LogP contribution >= 0.6 is 11.6 Å². The fraction of sp³-hybridized carbons (Fsp3) is 0.533. The molecule has 1 heterocycles. The van der Waals surface area contributed by atoms with Gasteiger partial charge < -0.3 is 19.4 Å². The second kappa shape index (κ2) is 8.82. The van der Waals surface area contributed by atoms with Crippen LogP contribution in [0.25, 0.3) is 0 Å². The molecule has 7 heteroatoms. The van der Waals surface area contributed by atoms with Gasteiger partial charge in [-0.2, -0.15) is 0 Å². The van der Waals surface area contributed by atoms with Crippen molar-refractivity contribution in [3.8, 4) is 11.5 Å². The van der Waals surface area contributed by atoms with E-state index in [-0.39, 0.29) is 0 Å². The summed E-state index contributed by atoms with van der Waals surface area (Å²) in [7, 11) is 0. The van der Waals surface area contributed by atoms with Crippen molar-refractivity contribution < 1.29 is 19.4 Å². The van der Waals surface area contributed by atoms with E-state index in [1.54, 1.807) is 12.1 Å². The summed E-state index contributed by atoms with van der Waals surface area (Å²) in [5.74, 6) is 1.07. The van der Waals surface area contributed by atoms with Gasteiger partial charge in [0.2, 0.25) is 0 Å². The average Bonchev–Trinajstić information content (AvgIpc) is 2.51. The Bertz CT molecular complexity index is 505. The number of ether oxygens (including phenoxy) is 3. The zero-order valence-corrected chi connectivity index (χ0v) is 13.4. The molecule has 22 heavy (non-hydrogen) atoms. The Hall–Kier alpha value is -1.50. The maximum atomic E-state index is 8.62. The summed E-state index contributed by atoms with van der Waals surface area (Å²) in [6.07, 6.45) is 1.30. The van der Waals surface area contributed by atoms with Crippen LogP contribution in [0.15, 0.2) is 17.3 Å². The summed E-state index contributed by atoms with van der Waals surface area (Å²) in [5.41, 5.74) is 0.650. The number of oxime groups is 1. The molecule has 0 amide bonds. The molecular weight excluding hydrogens is 308 g/mol. The Kier molecular flexibility index (Phi) is 6.76. The Morgan fingerprint density at radius 3 is 2.82 bits per heavy atom. The molecule has 0 radical (unpaired) electrons. The predicted octanol–water partition coefficient (Wildman–Crippen LogP) is 2.26. The van der Waals surface area contributed by atoms with Crippen molar-refractivity contribution in [3.05, 3.63) is 22.7 Å². The Balaban J connectivity index is 2.01. The van der Waals surface area contributed by atoms with Crippen molar-refractivity contribution in [3.63, 3.8) is 0 Å². The Labute approximate surface area is 135 Å². The third-order valence-electron chi connectivity index (χ3n) is 3.30. The summed E-state index contributed by atoms with van der Waals surface area (Å²) in [4.78, 5) is 2.28. The molecule has 0 aliphatic carbocycles. The van der Waals surface area contributed by atoms with Crippen LogP contribution in [-0.2, 0) is 4.74 Å².